The van der Waals surface area contributed by atoms with Crippen molar-refractivity contribution in [1.29, 1.82) is 0 Å². The van der Waals surface area contributed by atoms with Crippen LogP contribution in [0.3, 0.4) is 0 Å². The second-order valence-electron chi connectivity index (χ2n) is 23.1. The minimum absolute atomic E-state index is 0.0723. The van der Waals surface area contributed by atoms with Crippen molar-refractivity contribution in [3.63, 3.8) is 0 Å². The van der Waals surface area contributed by atoms with E-state index in [9.17, 15) is 14.4 Å². The molecule has 0 bridgehead atoms. The number of hydrogen-bond acceptors (Lipinski definition) is 6. The Labute approximate surface area is 496 Å². The number of allylic oxidation sites excluding steroid dienone is 14. The minimum Gasteiger partial charge on any atom is -0.462 e. The van der Waals surface area contributed by atoms with Gasteiger partial charge in [-0.1, -0.05) is 318 Å². The molecule has 0 aromatic heterocycles. The van der Waals surface area contributed by atoms with Crippen LogP contribution in [0, 0.1) is 0 Å². The molecule has 6 heteroatoms. The highest BCUT2D eigenvalue weighted by atomic mass is 16.6. The largest absolute Gasteiger partial charge is 0.462 e. The van der Waals surface area contributed by atoms with Gasteiger partial charge in [0.2, 0.25) is 0 Å². The summed E-state index contributed by atoms with van der Waals surface area (Å²) in [5, 5.41) is 0. The van der Waals surface area contributed by atoms with Gasteiger partial charge in [0.05, 0.1) is 0 Å². The van der Waals surface area contributed by atoms with E-state index < -0.39 is 6.10 Å². The van der Waals surface area contributed by atoms with Gasteiger partial charge in [-0.05, 0) is 96.3 Å². The van der Waals surface area contributed by atoms with Crippen LogP contribution in [0.1, 0.15) is 348 Å². The van der Waals surface area contributed by atoms with E-state index in [1.807, 2.05) is 0 Å². The molecular weight excluding hydrogens is 985 g/mol. The van der Waals surface area contributed by atoms with Gasteiger partial charge in [-0.15, -0.1) is 0 Å². The lowest BCUT2D eigenvalue weighted by molar-refractivity contribution is -0.167. The van der Waals surface area contributed by atoms with E-state index in [0.29, 0.717) is 19.3 Å². The molecule has 0 aliphatic heterocycles. The van der Waals surface area contributed by atoms with E-state index in [1.54, 1.807) is 0 Å². The van der Waals surface area contributed by atoms with Crippen LogP contribution in [0.5, 0.6) is 0 Å². The maximum absolute atomic E-state index is 12.9. The molecule has 0 saturated heterocycles. The lowest BCUT2D eigenvalue weighted by Crippen LogP contribution is -2.30. The van der Waals surface area contributed by atoms with Crippen molar-refractivity contribution >= 4 is 17.9 Å². The quantitative estimate of drug-likeness (QED) is 0.0261. The molecule has 0 aliphatic carbocycles. The summed E-state index contributed by atoms with van der Waals surface area (Å²) in [6.07, 6.45) is 90.5. The maximum Gasteiger partial charge on any atom is 0.306 e. The fourth-order valence-corrected chi connectivity index (χ4v) is 9.97. The van der Waals surface area contributed by atoms with Crippen LogP contribution in [0.2, 0.25) is 0 Å². The molecule has 80 heavy (non-hydrogen) atoms. The molecule has 0 aliphatic rings. The molecule has 0 radical (unpaired) electrons. The molecule has 0 rings (SSSR count). The highest BCUT2D eigenvalue weighted by molar-refractivity contribution is 5.71. The van der Waals surface area contributed by atoms with Crippen molar-refractivity contribution in [3.8, 4) is 0 Å². The number of esters is 3. The van der Waals surface area contributed by atoms with Gasteiger partial charge in [-0.3, -0.25) is 14.4 Å². The zero-order chi connectivity index (χ0) is 57.8. The Morgan fingerprint density at radius 1 is 0.263 bits per heavy atom. The van der Waals surface area contributed by atoms with Gasteiger partial charge < -0.3 is 14.2 Å². The average molecular weight is 1120 g/mol. The number of unbranched alkanes of at least 4 members (excludes halogenated alkanes) is 38. The van der Waals surface area contributed by atoms with Gasteiger partial charge in [-0.2, -0.15) is 0 Å². The van der Waals surface area contributed by atoms with Gasteiger partial charge in [0, 0.05) is 19.3 Å². The summed E-state index contributed by atoms with van der Waals surface area (Å²) in [5.41, 5.74) is 0. The molecule has 462 valence electrons. The second kappa shape index (κ2) is 68.1. The lowest BCUT2D eigenvalue weighted by Gasteiger charge is -2.18. The first-order valence-corrected chi connectivity index (χ1v) is 34.6. The topological polar surface area (TPSA) is 78.9 Å². The highest BCUT2D eigenvalue weighted by Gasteiger charge is 2.19. The molecule has 0 saturated carbocycles. The number of rotatable bonds is 63. The zero-order valence-electron chi connectivity index (χ0n) is 53.1. The van der Waals surface area contributed by atoms with E-state index in [2.05, 4.69) is 106 Å². The molecule has 6 nitrogen and oxygen atoms in total. The Hall–Kier alpha value is -3.41. The summed E-state index contributed by atoms with van der Waals surface area (Å²) in [4.78, 5) is 38.3. The van der Waals surface area contributed by atoms with Crippen LogP contribution in [0.4, 0.5) is 0 Å². The summed E-state index contributed by atoms with van der Waals surface area (Å²) >= 11 is 0. The van der Waals surface area contributed by atoms with Crippen LogP contribution >= 0.6 is 0 Å². The third-order valence-electron chi connectivity index (χ3n) is 15.1. The lowest BCUT2D eigenvalue weighted by atomic mass is 10.0. The molecule has 1 unspecified atom stereocenters. The Morgan fingerprint density at radius 2 is 0.487 bits per heavy atom. The number of carbonyl (C=O) groups excluding carboxylic acids is 3. The van der Waals surface area contributed by atoms with Gasteiger partial charge in [0.25, 0.3) is 0 Å². The number of ether oxygens (including phenoxy) is 3. The molecule has 0 aromatic carbocycles. The van der Waals surface area contributed by atoms with Gasteiger partial charge >= 0.3 is 17.9 Å². The summed E-state index contributed by atoms with van der Waals surface area (Å²) in [7, 11) is 0. The van der Waals surface area contributed by atoms with Crippen molar-refractivity contribution in [2.24, 2.45) is 0 Å². The normalized spacial score (nSPS) is 12.6. The Kier molecular flexibility index (Phi) is 65.2. The fourth-order valence-electron chi connectivity index (χ4n) is 9.97. The monoisotopic (exact) mass is 1110 g/mol. The molecular formula is C74H130O6. The third-order valence-corrected chi connectivity index (χ3v) is 15.1. The van der Waals surface area contributed by atoms with E-state index in [-0.39, 0.29) is 31.1 Å². The first kappa shape index (κ1) is 76.6. The van der Waals surface area contributed by atoms with Gasteiger partial charge in [-0.25, -0.2) is 0 Å². The van der Waals surface area contributed by atoms with Crippen molar-refractivity contribution in [1.82, 2.24) is 0 Å². The molecule has 0 heterocycles. The Morgan fingerprint density at radius 3 is 0.775 bits per heavy atom. The summed E-state index contributed by atoms with van der Waals surface area (Å²) in [6.45, 7) is 6.54. The predicted octanol–water partition coefficient (Wildman–Crippen LogP) is 23.8. The second-order valence-corrected chi connectivity index (χ2v) is 23.1. The zero-order valence-corrected chi connectivity index (χ0v) is 53.1. The molecule has 0 amide bonds. The van der Waals surface area contributed by atoms with Gasteiger partial charge in [0.15, 0.2) is 6.10 Å². The SMILES string of the molecule is CC/C=C\C/C=C\C/C=C\C/C=C\C/C=C\C/C=C\CCCCCCCCCCCCCCCCCCC(=O)OCC(COC(=O)CCCCCCCCCCCC)OC(=O)CCCCCCCCC/C=C\CCCCCCCC. The standard InChI is InChI=1S/C74H130O6/c1-4-7-10-13-16-19-22-24-26-28-29-30-31-32-33-34-35-36-37-38-39-40-41-42-43-44-45-47-48-50-52-55-58-61-64-67-73(76)79-70-71(69-78-72(75)66-63-60-57-54-21-18-15-12-9-6-3)80-74(77)68-65-62-59-56-53-51-49-46-27-25-23-20-17-14-11-8-5-2/h7,10,16,19,24-27,29-30,32-33,35-36,71H,4-6,8-9,11-15,17-18,20-23,28,31,34,37-70H2,1-3H3/b10-7-,19-16-,26-24-,27-25-,30-29-,33-32-,36-35-. The predicted molar refractivity (Wildman–Crippen MR) is 348 cm³/mol. The third kappa shape index (κ3) is 65.4. The van der Waals surface area contributed by atoms with E-state index in [0.717, 1.165) is 96.3 Å². The van der Waals surface area contributed by atoms with Gasteiger partial charge in [0.1, 0.15) is 13.2 Å². The van der Waals surface area contributed by atoms with Crippen LogP contribution < -0.4 is 0 Å². The maximum atomic E-state index is 12.9. The minimum atomic E-state index is -0.775. The molecule has 0 fully saturated rings. The molecule has 1 atom stereocenters. The molecule has 0 spiro atoms. The number of carbonyl (C=O) groups is 3. The van der Waals surface area contributed by atoms with Crippen LogP contribution in [0.25, 0.3) is 0 Å². The first-order valence-electron chi connectivity index (χ1n) is 34.6. The van der Waals surface area contributed by atoms with E-state index in [1.165, 1.54) is 212 Å². The fraction of sp³-hybridized carbons (Fsp3) is 0.770. The summed E-state index contributed by atoms with van der Waals surface area (Å²) < 4.78 is 16.9. The summed E-state index contributed by atoms with van der Waals surface area (Å²) in [5.74, 6) is -0.861. The highest BCUT2D eigenvalue weighted by Crippen LogP contribution is 2.17. The Balaban J connectivity index is 4.09. The van der Waals surface area contributed by atoms with Crippen molar-refractivity contribution < 1.29 is 28.6 Å². The van der Waals surface area contributed by atoms with E-state index in [4.69, 9.17) is 14.2 Å². The van der Waals surface area contributed by atoms with Crippen molar-refractivity contribution in [2.75, 3.05) is 13.2 Å². The van der Waals surface area contributed by atoms with Crippen LogP contribution in [-0.4, -0.2) is 37.2 Å². The van der Waals surface area contributed by atoms with Crippen molar-refractivity contribution in [2.45, 2.75) is 354 Å². The van der Waals surface area contributed by atoms with Crippen LogP contribution in [0.15, 0.2) is 85.1 Å². The number of hydrogen-bond donors (Lipinski definition) is 0. The molecule has 0 N–H and O–H groups in total. The van der Waals surface area contributed by atoms with Crippen LogP contribution in [-0.2, 0) is 28.6 Å². The average Bonchev–Trinajstić information content (AvgIpc) is 3.46. The van der Waals surface area contributed by atoms with E-state index >= 15 is 0 Å². The first-order chi connectivity index (χ1) is 39.5. The summed E-state index contributed by atoms with van der Waals surface area (Å²) in [6, 6.07) is 0. The van der Waals surface area contributed by atoms with Crippen molar-refractivity contribution in [3.05, 3.63) is 85.1 Å². The molecule has 0 aromatic rings. The Bertz CT molecular complexity index is 1520. The smallest absolute Gasteiger partial charge is 0.306 e.